The average molecular weight is 494 g/mol. The minimum Gasteiger partial charge on any atom is -1.00 e. The SMILES string of the molecule is COc1ccc2c(c1)C(Cc1cnc[nH]1)CC2c1ccccc1.[Cl-].[Cl-].[Cl-].[Cl-].[Ti+4]. The van der Waals surface area contributed by atoms with Crippen molar-refractivity contribution in [2.75, 3.05) is 7.11 Å². The monoisotopic (exact) mass is 492 g/mol. The van der Waals surface area contributed by atoms with Gasteiger partial charge in [0.2, 0.25) is 0 Å². The molecule has 0 aliphatic heterocycles. The molecule has 1 aliphatic carbocycles. The molecule has 2 aromatic carbocycles. The number of fused-ring (bicyclic) bond motifs is 1. The van der Waals surface area contributed by atoms with Crippen molar-refractivity contribution >= 4 is 0 Å². The molecule has 1 N–H and O–H groups in total. The summed E-state index contributed by atoms with van der Waals surface area (Å²) in [7, 11) is 1.73. The number of aromatic amines is 1. The van der Waals surface area contributed by atoms with Crippen LogP contribution in [0.3, 0.4) is 0 Å². The average Bonchev–Trinajstić information content (AvgIpc) is 3.24. The third-order valence-corrected chi connectivity index (χ3v) is 4.85. The molecule has 148 valence electrons. The Hall–Kier alpha value is -0.676. The fraction of sp³-hybridized carbons (Fsp3) is 0.250. The van der Waals surface area contributed by atoms with Crippen LogP contribution >= 0.6 is 0 Å². The van der Waals surface area contributed by atoms with Gasteiger partial charge in [-0.1, -0.05) is 36.4 Å². The van der Waals surface area contributed by atoms with Gasteiger partial charge in [0.05, 0.1) is 13.4 Å². The van der Waals surface area contributed by atoms with E-state index in [4.69, 9.17) is 4.74 Å². The molecule has 0 spiro atoms. The summed E-state index contributed by atoms with van der Waals surface area (Å²) in [5.74, 6) is 1.89. The summed E-state index contributed by atoms with van der Waals surface area (Å²) < 4.78 is 5.44. The molecule has 0 saturated heterocycles. The Kier molecular flexibility index (Phi) is 14.3. The van der Waals surface area contributed by atoms with Crippen LogP contribution < -0.4 is 54.4 Å². The molecule has 2 unspecified atom stereocenters. The van der Waals surface area contributed by atoms with Crippen LogP contribution in [0.5, 0.6) is 5.75 Å². The number of nitrogens with one attached hydrogen (secondary N) is 1. The number of halogens is 4. The van der Waals surface area contributed by atoms with Gasteiger partial charge in [-0.15, -0.1) is 0 Å². The summed E-state index contributed by atoms with van der Waals surface area (Å²) in [5.41, 5.74) is 5.43. The number of H-pyrrole nitrogens is 1. The van der Waals surface area contributed by atoms with Gasteiger partial charge in [0.1, 0.15) is 5.75 Å². The van der Waals surface area contributed by atoms with Gasteiger partial charge >= 0.3 is 21.7 Å². The molecule has 0 saturated carbocycles. The van der Waals surface area contributed by atoms with Gasteiger partial charge < -0.3 is 59.3 Å². The van der Waals surface area contributed by atoms with Crippen molar-refractivity contribution in [3.63, 3.8) is 0 Å². The van der Waals surface area contributed by atoms with Gasteiger partial charge in [-0.2, -0.15) is 0 Å². The normalized spacial score (nSPS) is 16.0. The summed E-state index contributed by atoms with van der Waals surface area (Å²) >= 11 is 0. The Morgan fingerprint density at radius 1 is 1.00 bits per heavy atom. The van der Waals surface area contributed by atoms with E-state index < -0.39 is 0 Å². The molecular weight excluding hydrogens is 474 g/mol. The second kappa shape index (κ2) is 13.5. The number of imidazole rings is 1. The Balaban J connectivity index is 0. The van der Waals surface area contributed by atoms with Crippen LogP contribution in [-0.4, -0.2) is 17.1 Å². The number of aromatic nitrogens is 2. The van der Waals surface area contributed by atoms with Gasteiger partial charge in [0, 0.05) is 17.8 Å². The molecule has 3 nitrogen and oxygen atoms in total. The summed E-state index contributed by atoms with van der Waals surface area (Å²) in [6.07, 6.45) is 5.80. The third-order valence-electron chi connectivity index (χ3n) is 4.85. The molecule has 3 aromatic rings. The number of hydrogen-bond acceptors (Lipinski definition) is 2. The van der Waals surface area contributed by atoms with Crippen molar-refractivity contribution in [1.82, 2.24) is 9.97 Å². The number of hydrogen-bond donors (Lipinski definition) is 1. The number of benzene rings is 2. The van der Waals surface area contributed by atoms with Crippen molar-refractivity contribution < 1.29 is 76.1 Å². The minimum atomic E-state index is 0. The second-order valence-corrected chi connectivity index (χ2v) is 6.17. The van der Waals surface area contributed by atoms with Crippen LogP contribution in [0.15, 0.2) is 61.1 Å². The largest absolute Gasteiger partial charge is 4.00 e. The summed E-state index contributed by atoms with van der Waals surface area (Å²) in [4.78, 5) is 7.39. The van der Waals surface area contributed by atoms with Gasteiger partial charge in [0.25, 0.3) is 0 Å². The first kappa shape index (κ1) is 29.5. The van der Waals surface area contributed by atoms with E-state index in [2.05, 4.69) is 58.5 Å². The van der Waals surface area contributed by atoms with E-state index in [1.54, 1.807) is 13.4 Å². The zero-order chi connectivity index (χ0) is 15.6. The first-order chi connectivity index (χ1) is 11.3. The fourth-order valence-electron chi connectivity index (χ4n) is 3.75. The van der Waals surface area contributed by atoms with Crippen LogP contribution in [0.1, 0.15) is 40.6 Å². The van der Waals surface area contributed by atoms with Crippen molar-refractivity contribution in [3.05, 3.63) is 83.4 Å². The maximum absolute atomic E-state index is 5.44. The number of ether oxygens (including phenoxy) is 1. The minimum absolute atomic E-state index is 0. The molecule has 0 fully saturated rings. The maximum atomic E-state index is 5.44. The summed E-state index contributed by atoms with van der Waals surface area (Å²) in [6, 6.07) is 17.3. The molecule has 4 rings (SSSR count). The van der Waals surface area contributed by atoms with Crippen LogP contribution in [0.25, 0.3) is 0 Å². The topological polar surface area (TPSA) is 37.9 Å². The summed E-state index contributed by atoms with van der Waals surface area (Å²) in [5, 5.41) is 0. The van der Waals surface area contributed by atoms with Gasteiger partial charge in [0.15, 0.2) is 0 Å². The molecule has 0 amide bonds. The van der Waals surface area contributed by atoms with E-state index in [0.29, 0.717) is 11.8 Å². The fourth-order valence-corrected chi connectivity index (χ4v) is 3.75. The van der Waals surface area contributed by atoms with E-state index in [0.717, 1.165) is 18.6 Å². The van der Waals surface area contributed by atoms with E-state index >= 15 is 0 Å². The smallest absolute Gasteiger partial charge is 1.00 e. The van der Waals surface area contributed by atoms with Crippen LogP contribution in [0, 0.1) is 0 Å². The van der Waals surface area contributed by atoms with Gasteiger partial charge in [-0.25, -0.2) is 4.98 Å². The molecule has 28 heavy (non-hydrogen) atoms. The van der Waals surface area contributed by atoms with Crippen LogP contribution in [0.4, 0.5) is 0 Å². The second-order valence-electron chi connectivity index (χ2n) is 6.17. The molecule has 2 atom stereocenters. The number of methoxy groups -OCH3 is 1. The van der Waals surface area contributed by atoms with Crippen molar-refractivity contribution in [3.8, 4) is 5.75 Å². The molecular formula is C20H20Cl4N2OTi. The Labute approximate surface area is 206 Å². The Morgan fingerprint density at radius 2 is 1.71 bits per heavy atom. The van der Waals surface area contributed by atoms with Crippen molar-refractivity contribution in [1.29, 1.82) is 0 Å². The van der Waals surface area contributed by atoms with Crippen molar-refractivity contribution in [2.24, 2.45) is 0 Å². The molecule has 1 aliphatic rings. The molecule has 0 bridgehead atoms. The standard InChI is InChI=1S/C20H20N2O.4ClH.Ti/c1-23-17-7-8-18-19(14-5-3-2-4-6-14)10-15(20(18)11-17)9-16-12-21-13-22-16;;;;;/h2-8,11-13,15,19H,9-10H2,1H3,(H,21,22);4*1H;/q;;;;;+4/p-4. The van der Waals surface area contributed by atoms with E-state index in [1.165, 1.54) is 22.4 Å². The Bertz CT molecular complexity index is 803. The van der Waals surface area contributed by atoms with Gasteiger partial charge in [-0.05, 0) is 47.6 Å². The first-order valence-electron chi connectivity index (χ1n) is 8.05. The zero-order valence-corrected chi connectivity index (χ0v) is 19.8. The van der Waals surface area contributed by atoms with Crippen LogP contribution in [0.2, 0.25) is 0 Å². The molecule has 1 heterocycles. The predicted molar refractivity (Wildman–Crippen MR) is 90.9 cm³/mol. The quantitative estimate of drug-likeness (QED) is 0.367. The predicted octanol–water partition coefficient (Wildman–Crippen LogP) is -7.71. The number of nitrogens with zero attached hydrogens (tertiary/aromatic N) is 1. The molecule has 0 radical (unpaired) electrons. The van der Waals surface area contributed by atoms with E-state index in [-0.39, 0.29) is 71.3 Å². The van der Waals surface area contributed by atoms with Crippen molar-refractivity contribution in [2.45, 2.75) is 24.7 Å². The number of rotatable bonds is 4. The van der Waals surface area contributed by atoms with Crippen LogP contribution in [-0.2, 0) is 28.1 Å². The summed E-state index contributed by atoms with van der Waals surface area (Å²) in [6.45, 7) is 0. The first-order valence-corrected chi connectivity index (χ1v) is 8.05. The van der Waals surface area contributed by atoms with E-state index in [9.17, 15) is 0 Å². The van der Waals surface area contributed by atoms with Gasteiger partial charge in [-0.3, -0.25) is 0 Å². The zero-order valence-electron chi connectivity index (χ0n) is 15.2. The molecule has 1 aromatic heterocycles. The third kappa shape index (κ3) is 6.16. The maximum Gasteiger partial charge on any atom is 4.00 e. The van der Waals surface area contributed by atoms with E-state index in [1.807, 2.05) is 6.20 Å². The molecule has 8 heteroatoms. The Morgan fingerprint density at radius 3 is 2.32 bits per heavy atom.